The summed E-state index contributed by atoms with van der Waals surface area (Å²) in [6.07, 6.45) is 2.97. The number of nitrogens with one attached hydrogen (secondary N) is 1. The standard InChI is InChI=1S/C15H12N2O3/c1-9-4-5-14-11(7-9)17-12(15(19)20-14)8-13(18)10-3-2-6-16-10/h2-8,16,18H,1H3. The fourth-order valence-corrected chi connectivity index (χ4v) is 1.92. The Balaban J connectivity index is 2.14. The molecule has 2 N–H and O–H groups in total. The summed E-state index contributed by atoms with van der Waals surface area (Å²) < 4.78 is 5.18. The molecule has 0 aliphatic rings. The van der Waals surface area contributed by atoms with Crippen LogP contribution < -0.4 is 5.63 Å². The highest BCUT2D eigenvalue weighted by atomic mass is 16.4. The lowest BCUT2D eigenvalue weighted by Crippen LogP contribution is -2.06. The zero-order valence-corrected chi connectivity index (χ0v) is 10.8. The van der Waals surface area contributed by atoms with Crippen LogP contribution in [-0.4, -0.2) is 15.1 Å². The molecule has 0 saturated carbocycles. The van der Waals surface area contributed by atoms with Crippen LogP contribution in [0.25, 0.3) is 22.9 Å². The molecule has 2 heterocycles. The normalized spacial score (nSPS) is 11.9. The summed E-state index contributed by atoms with van der Waals surface area (Å²) in [5, 5.41) is 9.92. The van der Waals surface area contributed by atoms with Gasteiger partial charge in [0.1, 0.15) is 11.3 Å². The molecule has 2 aromatic heterocycles. The van der Waals surface area contributed by atoms with Crippen LogP contribution in [0.5, 0.6) is 0 Å². The highest BCUT2D eigenvalue weighted by Crippen LogP contribution is 2.15. The number of hydrogen-bond acceptors (Lipinski definition) is 4. The zero-order chi connectivity index (χ0) is 14.1. The van der Waals surface area contributed by atoms with Gasteiger partial charge in [0.25, 0.3) is 0 Å². The molecule has 0 aliphatic carbocycles. The second-order valence-corrected chi connectivity index (χ2v) is 4.47. The van der Waals surface area contributed by atoms with E-state index in [0.29, 0.717) is 16.8 Å². The van der Waals surface area contributed by atoms with Gasteiger partial charge in [-0.05, 0) is 36.8 Å². The molecule has 0 spiro atoms. The van der Waals surface area contributed by atoms with Crippen LogP contribution >= 0.6 is 0 Å². The van der Waals surface area contributed by atoms with E-state index in [4.69, 9.17) is 4.42 Å². The smallest absolute Gasteiger partial charge is 0.362 e. The monoisotopic (exact) mass is 268 g/mol. The Morgan fingerprint density at radius 1 is 1.40 bits per heavy atom. The van der Waals surface area contributed by atoms with E-state index in [1.165, 1.54) is 6.08 Å². The number of fused-ring (bicyclic) bond motifs is 1. The SMILES string of the molecule is Cc1ccc2oc(=O)c(C=C(O)c3ccc[nH]3)nc2c1. The second-order valence-electron chi connectivity index (χ2n) is 4.47. The minimum Gasteiger partial charge on any atom is -0.506 e. The Hall–Kier alpha value is -2.82. The molecule has 3 rings (SSSR count). The number of aromatic nitrogens is 2. The van der Waals surface area contributed by atoms with E-state index >= 15 is 0 Å². The maximum atomic E-state index is 11.8. The number of H-pyrrole nitrogens is 1. The van der Waals surface area contributed by atoms with Crippen molar-refractivity contribution in [2.75, 3.05) is 0 Å². The summed E-state index contributed by atoms with van der Waals surface area (Å²) >= 11 is 0. The fourth-order valence-electron chi connectivity index (χ4n) is 1.92. The highest BCUT2D eigenvalue weighted by molar-refractivity contribution is 5.77. The largest absolute Gasteiger partial charge is 0.506 e. The van der Waals surface area contributed by atoms with Crippen molar-refractivity contribution in [1.82, 2.24) is 9.97 Å². The predicted molar refractivity (Wildman–Crippen MR) is 76.3 cm³/mol. The molecule has 0 bridgehead atoms. The number of aryl methyl sites for hydroxylation is 1. The minimum absolute atomic E-state index is 0.0650. The van der Waals surface area contributed by atoms with Gasteiger partial charge in [-0.1, -0.05) is 6.07 Å². The van der Waals surface area contributed by atoms with E-state index < -0.39 is 5.63 Å². The van der Waals surface area contributed by atoms with Crippen molar-refractivity contribution >= 4 is 22.9 Å². The molecule has 0 amide bonds. The van der Waals surface area contributed by atoms with Gasteiger partial charge in [0.2, 0.25) is 0 Å². The van der Waals surface area contributed by atoms with Gasteiger partial charge in [-0.15, -0.1) is 0 Å². The molecule has 20 heavy (non-hydrogen) atoms. The molecular weight excluding hydrogens is 256 g/mol. The third-order valence-corrected chi connectivity index (χ3v) is 2.91. The lowest BCUT2D eigenvalue weighted by atomic mass is 10.2. The van der Waals surface area contributed by atoms with Crippen LogP contribution in [-0.2, 0) is 0 Å². The van der Waals surface area contributed by atoms with Crippen LogP contribution in [0.2, 0.25) is 0 Å². The number of hydrogen-bond donors (Lipinski definition) is 2. The maximum absolute atomic E-state index is 11.8. The summed E-state index contributed by atoms with van der Waals surface area (Å²) in [5.41, 5.74) is 2.01. The van der Waals surface area contributed by atoms with E-state index in [0.717, 1.165) is 5.56 Å². The quantitative estimate of drug-likeness (QED) is 0.700. The number of aliphatic hydroxyl groups is 1. The van der Waals surface area contributed by atoms with Crippen LogP contribution in [0.15, 0.2) is 45.7 Å². The lowest BCUT2D eigenvalue weighted by molar-refractivity contribution is 0.511. The van der Waals surface area contributed by atoms with E-state index in [1.54, 1.807) is 24.4 Å². The lowest BCUT2D eigenvalue weighted by Gasteiger charge is -2.00. The average Bonchev–Trinajstić information content (AvgIpc) is 2.94. The predicted octanol–water partition coefficient (Wildman–Crippen LogP) is 2.88. The van der Waals surface area contributed by atoms with E-state index in [2.05, 4.69) is 9.97 Å². The third-order valence-electron chi connectivity index (χ3n) is 2.91. The van der Waals surface area contributed by atoms with Gasteiger partial charge in [-0.3, -0.25) is 0 Å². The van der Waals surface area contributed by atoms with Crippen molar-refractivity contribution in [3.63, 3.8) is 0 Å². The van der Waals surface area contributed by atoms with Crippen LogP contribution in [0.3, 0.4) is 0 Å². The molecule has 100 valence electrons. The van der Waals surface area contributed by atoms with Crippen LogP contribution in [0, 0.1) is 6.92 Å². The number of nitrogens with zero attached hydrogens (tertiary/aromatic N) is 1. The Morgan fingerprint density at radius 2 is 2.25 bits per heavy atom. The second kappa shape index (κ2) is 4.70. The summed E-state index contributed by atoms with van der Waals surface area (Å²) in [6.45, 7) is 1.93. The number of rotatable bonds is 2. The van der Waals surface area contributed by atoms with Gasteiger partial charge in [-0.25, -0.2) is 9.78 Å². The summed E-state index contributed by atoms with van der Waals surface area (Å²) in [5.74, 6) is -0.0678. The summed E-state index contributed by atoms with van der Waals surface area (Å²) in [7, 11) is 0. The molecule has 0 radical (unpaired) electrons. The Labute approximate surface area is 114 Å². The maximum Gasteiger partial charge on any atom is 0.362 e. The Bertz CT molecular complexity index is 845. The van der Waals surface area contributed by atoms with Crippen molar-refractivity contribution in [2.45, 2.75) is 6.92 Å². The first-order valence-corrected chi connectivity index (χ1v) is 6.09. The first-order valence-electron chi connectivity index (χ1n) is 6.09. The highest BCUT2D eigenvalue weighted by Gasteiger charge is 2.08. The fraction of sp³-hybridized carbons (Fsp3) is 0.0667. The molecule has 0 saturated heterocycles. The number of aromatic amines is 1. The van der Waals surface area contributed by atoms with E-state index in [9.17, 15) is 9.90 Å². The third kappa shape index (κ3) is 2.21. The van der Waals surface area contributed by atoms with Crippen molar-refractivity contribution in [3.8, 4) is 0 Å². The first-order chi connectivity index (χ1) is 9.63. The molecule has 0 aliphatic heterocycles. The van der Waals surface area contributed by atoms with Crippen molar-refractivity contribution < 1.29 is 9.52 Å². The zero-order valence-electron chi connectivity index (χ0n) is 10.8. The van der Waals surface area contributed by atoms with Gasteiger partial charge in [0.05, 0.1) is 5.69 Å². The first kappa shape index (κ1) is 12.2. The van der Waals surface area contributed by atoms with Gasteiger partial charge >= 0.3 is 5.63 Å². The molecule has 0 unspecified atom stereocenters. The van der Waals surface area contributed by atoms with Crippen LogP contribution in [0.4, 0.5) is 0 Å². The van der Waals surface area contributed by atoms with Crippen LogP contribution in [0.1, 0.15) is 17.0 Å². The van der Waals surface area contributed by atoms with E-state index in [1.807, 2.05) is 19.1 Å². The van der Waals surface area contributed by atoms with E-state index in [-0.39, 0.29) is 11.5 Å². The van der Waals surface area contributed by atoms with Crippen molar-refractivity contribution in [1.29, 1.82) is 0 Å². The summed E-state index contributed by atoms with van der Waals surface area (Å²) in [6, 6.07) is 8.81. The Kier molecular flexibility index (Phi) is 2.87. The number of benzene rings is 1. The van der Waals surface area contributed by atoms with Gasteiger partial charge in [0, 0.05) is 12.3 Å². The molecular formula is C15H12N2O3. The molecule has 0 fully saturated rings. The molecule has 5 nitrogen and oxygen atoms in total. The molecule has 1 aromatic carbocycles. The average molecular weight is 268 g/mol. The minimum atomic E-state index is -0.584. The molecule has 5 heteroatoms. The van der Waals surface area contributed by atoms with Gasteiger partial charge < -0.3 is 14.5 Å². The van der Waals surface area contributed by atoms with Gasteiger partial charge in [0.15, 0.2) is 11.3 Å². The molecule has 3 aromatic rings. The van der Waals surface area contributed by atoms with Crippen molar-refractivity contribution in [3.05, 3.63) is 63.9 Å². The topological polar surface area (TPSA) is 79.1 Å². The number of aliphatic hydroxyl groups excluding tert-OH is 1. The van der Waals surface area contributed by atoms with Gasteiger partial charge in [-0.2, -0.15) is 0 Å². The Morgan fingerprint density at radius 3 is 3.00 bits per heavy atom. The summed E-state index contributed by atoms with van der Waals surface area (Å²) in [4.78, 5) is 18.9. The molecule has 0 atom stereocenters. The van der Waals surface area contributed by atoms with Crippen molar-refractivity contribution in [2.24, 2.45) is 0 Å².